The van der Waals surface area contributed by atoms with E-state index in [2.05, 4.69) is 25.3 Å². The van der Waals surface area contributed by atoms with Gasteiger partial charge >= 0.3 is 6.03 Å². The highest BCUT2D eigenvalue weighted by molar-refractivity contribution is 6.31. The number of piperazine rings is 1. The molecule has 4 rings (SSSR count). The third-order valence-corrected chi connectivity index (χ3v) is 5.36. The standard InChI is InChI=1S/C20H22ClN7O/c1-14-16(21)5-3-6-17(14)25-20(29)27-11-9-26(10-12-27)18-13-19(24-15(2)23-18)28-8-4-7-22-28/h3-8,13H,9-12H2,1-2H3,(H,25,29). The van der Waals surface area contributed by atoms with Gasteiger partial charge in [0.1, 0.15) is 11.6 Å². The van der Waals surface area contributed by atoms with Crippen molar-refractivity contribution in [2.24, 2.45) is 0 Å². The quantitative estimate of drug-likeness (QED) is 0.715. The minimum absolute atomic E-state index is 0.119. The van der Waals surface area contributed by atoms with Gasteiger partial charge in [0.15, 0.2) is 5.82 Å². The lowest BCUT2D eigenvalue weighted by Gasteiger charge is -2.35. The number of aryl methyl sites for hydroxylation is 1. The number of hydrogen-bond acceptors (Lipinski definition) is 5. The van der Waals surface area contributed by atoms with Crippen molar-refractivity contribution in [2.75, 3.05) is 36.4 Å². The lowest BCUT2D eigenvalue weighted by atomic mass is 10.2. The Morgan fingerprint density at radius 2 is 1.83 bits per heavy atom. The Morgan fingerprint density at radius 1 is 1.07 bits per heavy atom. The van der Waals surface area contributed by atoms with Crippen molar-refractivity contribution < 1.29 is 4.79 Å². The van der Waals surface area contributed by atoms with Gasteiger partial charge in [-0.05, 0) is 37.6 Å². The SMILES string of the molecule is Cc1nc(N2CCN(C(=O)Nc3cccc(Cl)c3C)CC2)cc(-n2cccn2)n1. The summed E-state index contributed by atoms with van der Waals surface area (Å²) in [5.74, 6) is 2.26. The molecule has 0 spiro atoms. The van der Waals surface area contributed by atoms with Gasteiger partial charge in [-0.15, -0.1) is 0 Å². The number of amides is 2. The summed E-state index contributed by atoms with van der Waals surface area (Å²) >= 11 is 6.14. The molecular formula is C20H22ClN7O. The number of halogens is 1. The molecule has 0 radical (unpaired) electrons. The average molecular weight is 412 g/mol. The zero-order chi connectivity index (χ0) is 20.4. The number of urea groups is 1. The van der Waals surface area contributed by atoms with E-state index < -0.39 is 0 Å². The number of nitrogens with zero attached hydrogens (tertiary/aromatic N) is 6. The Morgan fingerprint density at radius 3 is 2.55 bits per heavy atom. The maximum atomic E-state index is 12.7. The van der Waals surface area contributed by atoms with Crippen LogP contribution in [0.5, 0.6) is 0 Å². The van der Waals surface area contributed by atoms with Crippen molar-refractivity contribution in [3.63, 3.8) is 0 Å². The third-order valence-electron chi connectivity index (χ3n) is 4.95. The number of carbonyl (C=O) groups is 1. The van der Waals surface area contributed by atoms with Crippen LogP contribution in [-0.2, 0) is 0 Å². The van der Waals surface area contributed by atoms with E-state index in [1.54, 1.807) is 15.8 Å². The number of rotatable bonds is 3. The van der Waals surface area contributed by atoms with Crippen LogP contribution in [0.4, 0.5) is 16.3 Å². The molecule has 2 amide bonds. The summed E-state index contributed by atoms with van der Waals surface area (Å²) in [6, 6.07) is 9.16. The number of aromatic nitrogens is 4. The molecule has 29 heavy (non-hydrogen) atoms. The topological polar surface area (TPSA) is 79.2 Å². The van der Waals surface area contributed by atoms with Gasteiger partial charge in [-0.2, -0.15) is 5.10 Å². The molecule has 2 aromatic heterocycles. The average Bonchev–Trinajstić information content (AvgIpc) is 3.26. The van der Waals surface area contributed by atoms with Crippen LogP contribution in [0.25, 0.3) is 5.82 Å². The lowest BCUT2D eigenvalue weighted by molar-refractivity contribution is 0.208. The molecule has 0 unspecified atom stereocenters. The van der Waals surface area contributed by atoms with Gasteiger partial charge in [0.25, 0.3) is 0 Å². The predicted molar refractivity (Wildman–Crippen MR) is 113 cm³/mol. The fourth-order valence-electron chi connectivity index (χ4n) is 3.30. The molecular weight excluding hydrogens is 390 g/mol. The smallest absolute Gasteiger partial charge is 0.321 e. The van der Waals surface area contributed by atoms with E-state index >= 15 is 0 Å². The van der Waals surface area contributed by atoms with Crippen LogP contribution in [0.3, 0.4) is 0 Å². The summed E-state index contributed by atoms with van der Waals surface area (Å²) in [5.41, 5.74) is 1.60. The van der Waals surface area contributed by atoms with Gasteiger partial charge in [-0.3, -0.25) is 0 Å². The first kappa shape index (κ1) is 19.2. The summed E-state index contributed by atoms with van der Waals surface area (Å²) in [7, 11) is 0. The molecule has 1 aliphatic heterocycles. The monoisotopic (exact) mass is 411 g/mol. The fourth-order valence-corrected chi connectivity index (χ4v) is 3.47. The Labute approximate surface area is 174 Å². The zero-order valence-electron chi connectivity index (χ0n) is 16.3. The van der Waals surface area contributed by atoms with Crippen molar-refractivity contribution in [1.29, 1.82) is 0 Å². The van der Waals surface area contributed by atoms with Crippen molar-refractivity contribution >= 4 is 29.1 Å². The summed E-state index contributed by atoms with van der Waals surface area (Å²) in [4.78, 5) is 25.6. The summed E-state index contributed by atoms with van der Waals surface area (Å²) < 4.78 is 1.72. The Balaban J connectivity index is 1.42. The zero-order valence-corrected chi connectivity index (χ0v) is 17.1. The number of benzene rings is 1. The Bertz CT molecular complexity index is 1010. The van der Waals surface area contributed by atoms with E-state index in [0.717, 1.165) is 22.9 Å². The molecule has 8 nitrogen and oxygen atoms in total. The molecule has 0 aliphatic carbocycles. The number of nitrogens with one attached hydrogen (secondary N) is 1. The van der Waals surface area contributed by atoms with E-state index in [1.807, 2.05) is 50.4 Å². The number of hydrogen-bond donors (Lipinski definition) is 1. The molecule has 0 bridgehead atoms. The van der Waals surface area contributed by atoms with E-state index in [9.17, 15) is 4.79 Å². The van der Waals surface area contributed by atoms with Crippen LogP contribution >= 0.6 is 11.6 Å². The van der Waals surface area contributed by atoms with Gasteiger partial charge < -0.3 is 15.1 Å². The van der Waals surface area contributed by atoms with Crippen LogP contribution in [0, 0.1) is 13.8 Å². The van der Waals surface area contributed by atoms with E-state index in [-0.39, 0.29) is 6.03 Å². The molecule has 0 saturated carbocycles. The van der Waals surface area contributed by atoms with Crippen molar-refractivity contribution in [3.05, 3.63) is 59.1 Å². The Kier molecular flexibility index (Phi) is 5.35. The van der Waals surface area contributed by atoms with Gasteiger partial charge in [-0.25, -0.2) is 19.4 Å². The molecule has 1 saturated heterocycles. The molecule has 1 aromatic carbocycles. The molecule has 0 atom stereocenters. The van der Waals surface area contributed by atoms with Gasteiger partial charge in [0.2, 0.25) is 0 Å². The Hall–Kier alpha value is -3.13. The first-order valence-corrected chi connectivity index (χ1v) is 9.81. The summed E-state index contributed by atoms with van der Waals surface area (Å²) in [6.07, 6.45) is 3.57. The molecule has 150 valence electrons. The molecule has 1 aliphatic rings. The number of carbonyl (C=O) groups excluding carboxylic acids is 1. The van der Waals surface area contributed by atoms with Gasteiger partial charge in [0.05, 0.1) is 0 Å². The first-order valence-electron chi connectivity index (χ1n) is 9.43. The normalized spacial score (nSPS) is 14.2. The maximum absolute atomic E-state index is 12.7. The highest BCUT2D eigenvalue weighted by atomic mass is 35.5. The van der Waals surface area contributed by atoms with Crippen LogP contribution in [0.2, 0.25) is 5.02 Å². The minimum Gasteiger partial charge on any atom is -0.353 e. The van der Waals surface area contributed by atoms with E-state index in [0.29, 0.717) is 37.0 Å². The lowest BCUT2D eigenvalue weighted by Crippen LogP contribution is -2.50. The van der Waals surface area contributed by atoms with Crippen molar-refractivity contribution in [2.45, 2.75) is 13.8 Å². The highest BCUT2D eigenvalue weighted by Crippen LogP contribution is 2.23. The van der Waals surface area contributed by atoms with Crippen LogP contribution < -0.4 is 10.2 Å². The summed E-state index contributed by atoms with van der Waals surface area (Å²) in [6.45, 7) is 6.35. The molecule has 3 heterocycles. The molecule has 1 fully saturated rings. The van der Waals surface area contributed by atoms with E-state index in [4.69, 9.17) is 11.6 Å². The van der Waals surface area contributed by atoms with Gasteiger partial charge in [-0.1, -0.05) is 17.7 Å². The van der Waals surface area contributed by atoms with E-state index in [1.165, 1.54) is 0 Å². The number of anilines is 2. The van der Waals surface area contributed by atoms with Crippen molar-refractivity contribution in [3.8, 4) is 5.82 Å². The van der Waals surface area contributed by atoms with Crippen molar-refractivity contribution in [1.82, 2.24) is 24.6 Å². The fraction of sp³-hybridized carbons (Fsp3) is 0.300. The first-order chi connectivity index (χ1) is 14.0. The van der Waals surface area contributed by atoms with Gasteiger partial charge in [0, 0.05) is 55.3 Å². The highest BCUT2D eigenvalue weighted by Gasteiger charge is 2.23. The predicted octanol–water partition coefficient (Wildman–Crippen LogP) is 3.29. The third kappa shape index (κ3) is 4.17. The second-order valence-electron chi connectivity index (χ2n) is 6.90. The van der Waals surface area contributed by atoms with Crippen LogP contribution in [-0.4, -0.2) is 56.9 Å². The largest absolute Gasteiger partial charge is 0.353 e. The minimum atomic E-state index is -0.119. The molecule has 1 N–H and O–H groups in total. The maximum Gasteiger partial charge on any atom is 0.321 e. The second-order valence-corrected chi connectivity index (χ2v) is 7.31. The second kappa shape index (κ2) is 8.08. The molecule has 9 heteroatoms. The molecule has 3 aromatic rings. The van der Waals surface area contributed by atoms with Crippen LogP contribution in [0.1, 0.15) is 11.4 Å². The summed E-state index contributed by atoms with van der Waals surface area (Å²) in [5, 5.41) is 7.84. The van der Waals surface area contributed by atoms with Crippen LogP contribution in [0.15, 0.2) is 42.7 Å².